The number of carbonyl (C=O) groups is 2. The minimum absolute atomic E-state index is 0.00755. The van der Waals surface area contributed by atoms with E-state index < -0.39 is 4.92 Å². The van der Waals surface area contributed by atoms with E-state index in [1.165, 1.54) is 30.2 Å². The van der Waals surface area contributed by atoms with Gasteiger partial charge in [0.1, 0.15) is 0 Å². The number of anilines is 2. The van der Waals surface area contributed by atoms with Gasteiger partial charge < -0.3 is 15.0 Å². The van der Waals surface area contributed by atoms with Crippen LogP contribution in [0.15, 0.2) is 42.5 Å². The zero-order chi connectivity index (χ0) is 18.0. The molecule has 0 fully saturated rings. The summed E-state index contributed by atoms with van der Waals surface area (Å²) in [5, 5.41) is 13.8. The van der Waals surface area contributed by atoms with Crippen LogP contribution in [0, 0.1) is 10.1 Å². The fourth-order valence-electron chi connectivity index (χ4n) is 2.69. The van der Waals surface area contributed by atoms with Gasteiger partial charge in [-0.2, -0.15) is 0 Å². The molecule has 0 radical (unpaired) electrons. The van der Waals surface area contributed by atoms with Gasteiger partial charge in [0.05, 0.1) is 23.4 Å². The highest BCUT2D eigenvalue weighted by Crippen LogP contribution is 2.32. The average molecular weight is 341 g/mol. The van der Waals surface area contributed by atoms with Gasteiger partial charge in [-0.1, -0.05) is 12.1 Å². The molecule has 0 bridgehead atoms. The van der Waals surface area contributed by atoms with Gasteiger partial charge in [-0.25, -0.2) is 0 Å². The first-order chi connectivity index (χ1) is 12.0. The maximum atomic E-state index is 12.9. The molecule has 8 nitrogen and oxygen atoms in total. The first-order valence-corrected chi connectivity index (χ1v) is 7.54. The summed E-state index contributed by atoms with van der Waals surface area (Å²) in [5.74, 6) is -0.533. The monoisotopic (exact) mass is 341 g/mol. The number of para-hydroxylation sites is 2. The quantitative estimate of drug-likeness (QED) is 0.683. The summed E-state index contributed by atoms with van der Waals surface area (Å²) in [6, 6.07) is 10.9. The van der Waals surface area contributed by atoms with Crippen molar-refractivity contribution in [2.75, 3.05) is 23.9 Å². The Labute approximate surface area is 143 Å². The Morgan fingerprint density at radius 1 is 1.28 bits per heavy atom. The molecule has 1 N–H and O–H groups in total. The lowest BCUT2D eigenvalue weighted by molar-refractivity contribution is -0.385. The Balaban J connectivity index is 2.01. The van der Waals surface area contributed by atoms with E-state index in [1.54, 1.807) is 24.3 Å². The zero-order valence-electron chi connectivity index (χ0n) is 13.4. The number of methoxy groups -OCH3 is 1. The average Bonchev–Trinajstić information content (AvgIpc) is 2.78. The van der Waals surface area contributed by atoms with Crippen molar-refractivity contribution in [1.29, 1.82) is 0 Å². The maximum Gasteiger partial charge on any atom is 0.310 e. The number of nitrogens with one attached hydrogen (secondary N) is 1. The molecule has 3 rings (SSSR count). The highest BCUT2D eigenvalue weighted by atomic mass is 16.6. The third-order valence-corrected chi connectivity index (χ3v) is 3.90. The molecular weight excluding hydrogens is 326 g/mol. The second-order valence-electron chi connectivity index (χ2n) is 5.42. The number of hydrogen-bond acceptors (Lipinski definition) is 5. The van der Waals surface area contributed by atoms with Crippen LogP contribution in [0.3, 0.4) is 0 Å². The molecule has 1 aliphatic rings. The lowest BCUT2D eigenvalue weighted by atomic mass is 10.1. The molecule has 1 aliphatic heterocycles. The Morgan fingerprint density at radius 2 is 2.04 bits per heavy atom. The first-order valence-electron chi connectivity index (χ1n) is 7.54. The van der Waals surface area contributed by atoms with Crippen LogP contribution in [0.1, 0.15) is 16.8 Å². The second-order valence-corrected chi connectivity index (χ2v) is 5.42. The highest BCUT2D eigenvalue weighted by molar-refractivity contribution is 6.10. The summed E-state index contributed by atoms with van der Waals surface area (Å²) in [7, 11) is 1.31. The van der Waals surface area contributed by atoms with Crippen LogP contribution >= 0.6 is 0 Å². The topological polar surface area (TPSA) is 102 Å². The number of fused-ring (bicyclic) bond motifs is 1. The summed E-state index contributed by atoms with van der Waals surface area (Å²) in [5.41, 5.74) is 1.15. The second kappa shape index (κ2) is 6.60. The molecule has 0 saturated heterocycles. The van der Waals surface area contributed by atoms with Gasteiger partial charge in [-0.3, -0.25) is 19.7 Å². The molecule has 2 aromatic rings. The van der Waals surface area contributed by atoms with Crippen molar-refractivity contribution in [3.63, 3.8) is 0 Å². The van der Waals surface area contributed by atoms with Crippen LogP contribution in [-0.2, 0) is 4.79 Å². The van der Waals surface area contributed by atoms with Crippen molar-refractivity contribution < 1.29 is 19.2 Å². The number of rotatable bonds is 3. The Morgan fingerprint density at radius 3 is 2.76 bits per heavy atom. The Hall–Kier alpha value is -3.42. The van der Waals surface area contributed by atoms with E-state index in [9.17, 15) is 19.7 Å². The van der Waals surface area contributed by atoms with Crippen molar-refractivity contribution in [2.45, 2.75) is 6.42 Å². The molecule has 1 heterocycles. The number of nitro groups is 1. The van der Waals surface area contributed by atoms with Crippen molar-refractivity contribution in [3.05, 3.63) is 58.1 Å². The first kappa shape index (κ1) is 16.4. The summed E-state index contributed by atoms with van der Waals surface area (Å²) in [6.07, 6.45) is 0.157. The number of nitrogens with zero attached hydrogens (tertiary/aromatic N) is 2. The molecule has 25 heavy (non-hydrogen) atoms. The van der Waals surface area contributed by atoms with Crippen LogP contribution in [0.5, 0.6) is 5.75 Å². The van der Waals surface area contributed by atoms with Crippen LogP contribution < -0.4 is 15.0 Å². The predicted molar refractivity (Wildman–Crippen MR) is 91.0 cm³/mol. The number of benzene rings is 2. The Bertz CT molecular complexity index is 865. The molecule has 2 aromatic carbocycles. The van der Waals surface area contributed by atoms with Gasteiger partial charge in [0.25, 0.3) is 5.91 Å². The molecule has 8 heteroatoms. The van der Waals surface area contributed by atoms with E-state index in [2.05, 4.69) is 5.32 Å². The van der Waals surface area contributed by atoms with Crippen LogP contribution in [0.4, 0.5) is 17.1 Å². The Kier molecular flexibility index (Phi) is 4.34. The van der Waals surface area contributed by atoms with Gasteiger partial charge in [0.2, 0.25) is 5.91 Å². The summed E-state index contributed by atoms with van der Waals surface area (Å²) < 4.78 is 5.02. The largest absolute Gasteiger partial charge is 0.490 e. The lowest BCUT2D eigenvalue weighted by Crippen LogP contribution is -2.31. The predicted octanol–water partition coefficient (Wildman–Crippen LogP) is 2.59. The summed E-state index contributed by atoms with van der Waals surface area (Å²) in [6.45, 7) is 0.209. The molecule has 2 amide bonds. The van der Waals surface area contributed by atoms with Gasteiger partial charge in [0, 0.05) is 30.7 Å². The van der Waals surface area contributed by atoms with Crippen LogP contribution in [0.25, 0.3) is 0 Å². The number of carbonyl (C=O) groups excluding carboxylic acids is 2. The SMILES string of the molecule is COc1cc(C(=O)N2CCC(=O)Nc3ccccc32)ccc1[N+](=O)[O-]. The van der Waals surface area contributed by atoms with E-state index >= 15 is 0 Å². The zero-order valence-corrected chi connectivity index (χ0v) is 13.4. The van der Waals surface area contributed by atoms with E-state index in [4.69, 9.17) is 4.74 Å². The van der Waals surface area contributed by atoms with E-state index in [0.717, 1.165) is 0 Å². The summed E-state index contributed by atoms with van der Waals surface area (Å²) >= 11 is 0. The van der Waals surface area contributed by atoms with E-state index in [0.29, 0.717) is 11.4 Å². The minimum atomic E-state index is -0.573. The molecule has 0 saturated carbocycles. The third kappa shape index (κ3) is 3.14. The van der Waals surface area contributed by atoms with E-state index in [-0.39, 0.29) is 41.8 Å². The molecule has 0 unspecified atom stereocenters. The number of amides is 2. The van der Waals surface area contributed by atoms with Crippen LogP contribution in [-0.4, -0.2) is 30.4 Å². The normalized spacial score (nSPS) is 13.5. The molecule has 0 spiro atoms. The van der Waals surface area contributed by atoms with Crippen molar-refractivity contribution in [2.24, 2.45) is 0 Å². The standard InChI is InChI=1S/C17H15N3O5/c1-25-15-10-11(6-7-14(15)20(23)24)17(22)19-9-8-16(21)18-12-4-2-3-5-13(12)19/h2-7,10H,8-9H2,1H3,(H,18,21). The van der Waals surface area contributed by atoms with Gasteiger partial charge >= 0.3 is 5.69 Å². The van der Waals surface area contributed by atoms with E-state index in [1.807, 2.05) is 0 Å². The summed E-state index contributed by atoms with van der Waals surface area (Å²) in [4.78, 5) is 36.7. The van der Waals surface area contributed by atoms with Gasteiger partial charge in [0.15, 0.2) is 5.75 Å². The number of nitro benzene ring substituents is 1. The smallest absolute Gasteiger partial charge is 0.310 e. The number of ether oxygens (including phenoxy) is 1. The van der Waals surface area contributed by atoms with Crippen LogP contribution in [0.2, 0.25) is 0 Å². The van der Waals surface area contributed by atoms with Crippen molar-refractivity contribution in [1.82, 2.24) is 0 Å². The molecule has 0 aliphatic carbocycles. The number of hydrogen-bond donors (Lipinski definition) is 1. The molecule has 128 valence electrons. The third-order valence-electron chi connectivity index (χ3n) is 3.90. The lowest BCUT2D eigenvalue weighted by Gasteiger charge is -2.22. The minimum Gasteiger partial charge on any atom is -0.490 e. The fourth-order valence-corrected chi connectivity index (χ4v) is 2.69. The molecule has 0 aromatic heterocycles. The highest BCUT2D eigenvalue weighted by Gasteiger charge is 2.26. The molecular formula is C17H15N3O5. The van der Waals surface area contributed by atoms with Crippen molar-refractivity contribution >= 4 is 28.9 Å². The fraction of sp³-hybridized carbons (Fsp3) is 0.176. The molecule has 0 atom stereocenters. The maximum absolute atomic E-state index is 12.9. The van der Waals surface area contributed by atoms with Crippen molar-refractivity contribution in [3.8, 4) is 5.75 Å². The van der Waals surface area contributed by atoms with Gasteiger partial charge in [-0.05, 0) is 18.2 Å². The van der Waals surface area contributed by atoms with Gasteiger partial charge in [-0.15, -0.1) is 0 Å².